The largest absolute Gasteiger partial charge is 0.246 e. The van der Waals surface area contributed by atoms with Gasteiger partial charge in [-0.3, -0.25) is 0 Å². The third-order valence-corrected chi connectivity index (χ3v) is 6.00. The number of hydrogen-bond donors (Lipinski definition) is 0. The molecule has 0 saturated carbocycles. The zero-order valence-corrected chi connectivity index (χ0v) is 13.3. The first-order valence-electron chi connectivity index (χ1n) is 6.49. The first-order chi connectivity index (χ1) is 9.46. The predicted octanol–water partition coefficient (Wildman–Crippen LogP) is 3.29. The van der Waals surface area contributed by atoms with E-state index in [1.807, 2.05) is 0 Å². The normalized spacial score (nSPS) is 20.4. The summed E-state index contributed by atoms with van der Waals surface area (Å²) >= 11 is 3.32. The maximum Gasteiger partial charge on any atom is 0.246 e. The standard InChI is InChI=1S/C13H16BrF2NO2S/c14-7-1-3-11-4-2-8-17(11)20(18,19)13-9-10(15)5-6-12(13)16/h5-6,9,11H,1-4,7-8H2. The predicted molar refractivity (Wildman–Crippen MR) is 76.3 cm³/mol. The van der Waals surface area contributed by atoms with Crippen LogP contribution in [0.2, 0.25) is 0 Å². The molecule has 1 aromatic carbocycles. The summed E-state index contributed by atoms with van der Waals surface area (Å²) in [6.07, 6.45) is 3.09. The molecule has 20 heavy (non-hydrogen) atoms. The van der Waals surface area contributed by atoms with Gasteiger partial charge < -0.3 is 0 Å². The summed E-state index contributed by atoms with van der Waals surface area (Å²) in [7, 11) is -3.97. The van der Waals surface area contributed by atoms with E-state index in [2.05, 4.69) is 15.9 Å². The third-order valence-electron chi connectivity index (χ3n) is 3.47. The van der Waals surface area contributed by atoms with Crippen molar-refractivity contribution in [1.82, 2.24) is 4.31 Å². The van der Waals surface area contributed by atoms with E-state index in [1.165, 1.54) is 4.31 Å². The Hall–Kier alpha value is -0.530. The molecule has 1 saturated heterocycles. The number of rotatable bonds is 5. The second kappa shape index (κ2) is 6.49. The van der Waals surface area contributed by atoms with Gasteiger partial charge in [-0.2, -0.15) is 4.31 Å². The number of sulfonamides is 1. The maximum atomic E-state index is 13.7. The second-order valence-corrected chi connectivity index (χ2v) is 7.47. The first kappa shape index (κ1) is 15.9. The van der Waals surface area contributed by atoms with E-state index < -0.39 is 26.6 Å². The van der Waals surface area contributed by atoms with Crippen molar-refractivity contribution in [3.63, 3.8) is 0 Å². The van der Waals surface area contributed by atoms with Crippen LogP contribution in [0.1, 0.15) is 25.7 Å². The molecular weight excluding hydrogens is 352 g/mol. The summed E-state index contributed by atoms with van der Waals surface area (Å²) in [5, 5.41) is 0.797. The van der Waals surface area contributed by atoms with Crippen molar-refractivity contribution in [2.75, 3.05) is 11.9 Å². The molecule has 1 unspecified atom stereocenters. The van der Waals surface area contributed by atoms with Crippen LogP contribution in [-0.2, 0) is 10.0 Å². The van der Waals surface area contributed by atoms with Crippen molar-refractivity contribution in [2.24, 2.45) is 0 Å². The van der Waals surface area contributed by atoms with Crippen LogP contribution in [0.15, 0.2) is 23.1 Å². The second-order valence-electron chi connectivity index (χ2n) is 4.82. The molecule has 0 aliphatic carbocycles. The van der Waals surface area contributed by atoms with Crippen LogP contribution < -0.4 is 0 Å². The van der Waals surface area contributed by atoms with Gasteiger partial charge in [0.15, 0.2) is 0 Å². The lowest BCUT2D eigenvalue weighted by Gasteiger charge is -2.24. The highest BCUT2D eigenvalue weighted by molar-refractivity contribution is 9.09. The molecule has 1 aliphatic heterocycles. The summed E-state index contributed by atoms with van der Waals surface area (Å²) in [5.74, 6) is -1.65. The van der Waals surface area contributed by atoms with Crippen LogP contribution in [0, 0.1) is 11.6 Å². The lowest BCUT2D eigenvalue weighted by Crippen LogP contribution is -2.36. The highest BCUT2D eigenvalue weighted by Gasteiger charge is 2.36. The van der Waals surface area contributed by atoms with Crippen LogP contribution in [0.25, 0.3) is 0 Å². The average Bonchev–Trinajstić information content (AvgIpc) is 2.88. The van der Waals surface area contributed by atoms with Gasteiger partial charge >= 0.3 is 0 Å². The maximum absolute atomic E-state index is 13.7. The van der Waals surface area contributed by atoms with Crippen molar-refractivity contribution in [3.05, 3.63) is 29.8 Å². The molecule has 0 aromatic heterocycles. The smallest absolute Gasteiger partial charge is 0.207 e. The Bertz CT molecular complexity index is 580. The molecule has 2 rings (SSSR count). The Morgan fingerprint density at radius 2 is 2.10 bits per heavy atom. The first-order valence-corrected chi connectivity index (χ1v) is 9.06. The fourth-order valence-electron chi connectivity index (χ4n) is 2.53. The molecular formula is C13H16BrF2NO2S. The van der Waals surface area contributed by atoms with E-state index >= 15 is 0 Å². The SMILES string of the molecule is O=S(=O)(c1cc(F)ccc1F)N1CCCC1CCCBr. The zero-order chi connectivity index (χ0) is 14.8. The van der Waals surface area contributed by atoms with Crippen LogP contribution >= 0.6 is 15.9 Å². The van der Waals surface area contributed by atoms with Gasteiger partial charge in [0.2, 0.25) is 10.0 Å². The van der Waals surface area contributed by atoms with Crippen LogP contribution in [-0.4, -0.2) is 30.6 Å². The lowest BCUT2D eigenvalue weighted by molar-refractivity contribution is 0.366. The molecule has 0 bridgehead atoms. The Morgan fingerprint density at radius 3 is 2.80 bits per heavy atom. The van der Waals surface area contributed by atoms with Gasteiger partial charge in [0, 0.05) is 17.9 Å². The van der Waals surface area contributed by atoms with Crippen molar-refractivity contribution in [2.45, 2.75) is 36.6 Å². The molecule has 1 aliphatic rings. The number of nitrogens with zero attached hydrogens (tertiary/aromatic N) is 1. The van der Waals surface area contributed by atoms with Gasteiger partial charge in [0.05, 0.1) is 0 Å². The van der Waals surface area contributed by atoms with E-state index in [1.54, 1.807) is 0 Å². The molecule has 112 valence electrons. The average molecular weight is 368 g/mol. The van der Waals surface area contributed by atoms with E-state index in [0.29, 0.717) is 6.54 Å². The molecule has 3 nitrogen and oxygen atoms in total. The molecule has 0 N–H and O–H groups in total. The molecule has 1 aromatic rings. The molecule has 0 spiro atoms. The third kappa shape index (κ3) is 3.20. The van der Waals surface area contributed by atoms with Gasteiger partial charge in [0.1, 0.15) is 16.5 Å². The fourth-order valence-corrected chi connectivity index (χ4v) is 4.65. The van der Waals surface area contributed by atoms with Crippen LogP contribution in [0.5, 0.6) is 0 Å². The quantitative estimate of drug-likeness (QED) is 0.748. The zero-order valence-electron chi connectivity index (χ0n) is 10.9. The van der Waals surface area contributed by atoms with Crippen molar-refractivity contribution in [3.8, 4) is 0 Å². The van der Waals surface area contributed by atoms with Gasteiger partial charge in [-0.15, -0.1) is 0 Å². The summed E-state index contributed by atoms with van der Waals surface area (Å²) in [4.78, 5) is -0.566. The summed E-state index contributed by atoms with van der Waals surface area (Å²) in [6, 6.07) is 2.40. The highest BCUT2D eigenvalue weighted by atomic mass is 79.9. The van der Waals surface area contributed by atoms with E-state index in [-0.39, 0.29) is 6.04 Å². The van der Waals surface area contributed by atoms with E-state index in [9.17, 15) is 17.2 Å². The molecule has 0 amide bonds. The van der Waals surface area contributed by atoms with Crippen molar-refractivity contribution < 1.29 is 17.2 Å². The van der Waals surface area contributed by atoms with Gasteiger partial charge in [-0.25, -0.2) is 17.2 Å². The minimum Gasteiger partial charge on any atom is -0.207 e. The molecule has 1 atom stereocenters. The Morgan fingerprint density at radius 1 is 1.35 bits per heavy atom. The van der Waals surface area contributed by atoms with Crippen molar-refractivity contribution >= 4 is 26.0 Å². The Balaban J connectivity index is 2.31. The van der Waals surface area contributed by atoms with E-state index in [4.69, 9.17) is 0 Å². The molecule has 0 radical (unpaired) electrons. The minimum absolute atomic E-state index is 0.125. The minimum atomic E-state index is -3.97. The van der Waals surface area contributed by atoms with Crippen molar-refractivity contribution in [1.29, 1.82) is 0 Å². The topological polar surface area (TPSA) is 37.4 Å². The highest BCUT2D eigenvalue weighted by Crippen LogP contribution is 2.30. The van der Waals surface area contributed by atoms with Crippen LogP contribution in [0.3, 0.4) is 0 Å². The number of alkyl halides is 1. The van der Waals surface area contributed by atoms with Gasteiger partial charge in [0.25, 0.3) is 0 Å². The number of halogens is 3. The summed E-state index contributed by atoms with van der Waals surface area (Å²) < 4.78 is 53.2. The lowest BCUT2D eigenvalue weighted by atomic mass is 10.1. The van der Waals surface area contributed by atoms with Gasteiger partial charge in [-0.05, 0) is 43.9 Å². The molecule has 7 heteroatoms. The Kier molecular flexibility index (Phi) is 5.14. The summed E-state index contributed by atoms with van der Waals surface area (Å²) in [6.45, 7) is 0.366. The summed E-state index contributed by atoms with van der Waals surface area (Å²) in [5.41, 5.74) is 0. The Labute approximate surface area is 126 Å². The monoisotopic (exact) mass is 367 g/mol. The molecule has 1 heterocycles. The molecule has 1 fully saturated rings. The fraction of sp³-hybridized carbons (Fsp3) is 0.538. The van der Waals surface area contributed by atoms with Gasteiger partial charge in [-0.1, -0.05) is 15.9 Å². The number of hydrogen-bond acceptors (Lipinski definition) is 2. The number of benzene rings is 1. The van der Waals surface area contributed by atoms with E-state index in [0.717, 1.165) is 49.2 Å². The van der Waals surface area contributed by atoms with Crippen LogP contribution in [0.4, 0.5) is 8.78 Å².